The van der Waals surface area contributed by atoms with Gasteiger partial charge in [0.2, 0.25) is 0 Å². The van der Waals surface area contributed by atoms with Crippen molar-refractivity contribution in [1.29, 1.82) is 0 Å². The van der Waals surface area contributed by atoms with E-state index in [4.69, 9.17) is 4.74 Å². The summed E-state index contributed by atoms with van der Waals surface area (Å²) in [4.78, 5) is 8.23. The quantitative estimate of drug-likeness (QED) is 0.918. The number of rotatable bonds is 3. The standard InChI is InChI=1S/C16H16BrN3O/c17-14-10-19-16(20-11-14)21-15-3-1-2-13(9-15)8-12-4-6-18-7-5-12/h1-3,8-11,18H,4-7H2. The van der Waals surface area contributed by atoms with Crippen LogP contribution in [0.3, 0.4) is 0 Å². The van der Waals surface area contributed by atoms with E-state index < -0.39 is 0 Å². The molecule has 1 aromatic heterocycles. The van der Waals surface area contributed by atoms with Crippen molar-refractivity contribution in [3.05, 3.63) is 52.3 Å². The van der Waals surface area contributed by atoms with E-state index in [-0.39, 0.29) is 0 Å². The van der Waals surface area contributed by atoms with Gasteiger partial charge in [0.1, 0.15) is 5.75 Å². The van der Waals surface area contributed by atoms with Crippen LogP contribution in [0.1, 0.15) is 18.4 Å². The first-order valence-electron chi connectivity index (χ1n) is 6.95. The molecule has 0 spiro atoms. The molecule has 1 aromatic carbocycles. The van der Waals surface area contributed by atoms with Gasteiger partial charge in [-0.3, -0.25) is 0 Å². The zero-order chi connectivity index (χ0) is 14.5. The van der Waals surface area contributed by atoms with E-state index in [0.29, 0.717) is 6.01 Å². The highest BCUT2D eigenvalue weighted by atomic mass is 79.9. The lowest BCUT2D eigenvalue weighted by molar-refractivity contribution is 0.441. The Morgan fingerprint density at radius 2 is 1.90 bits per heavy atom. The molecule has 0 aliphatic carbocycles. The first-order chi connectivity index (χ1) is 10.3. The second-order valence-electron chi connectivity index (χ2n) is 4.91. The molecule has 1 saturated heterocycles. The predicted molar refractivity (Wildman–Crippen MR) is 86.3 cm³/mol. The lowest BCUT2D eigenvalue weighted by atomic mass is 10.0. The van der Waals surface area contributed by atoms with Crippen LogP contribution in [0.4, 0.5) is 0 Å². The van der Waals surface area contributed by atoms with Crippen molar-refractivity contribution in [3.8, 4) is 11.8 Å². The van der Waals surface area contributed by atoms with Crippen LogP contribution >= 0.6 is 15.9 Å². The second kappa shape index (κ2) is 6.83. The smallest absolute Gasteiger partial charge is 0.321 e. The summed E-state index contributed by atoms with van der Waals surface area (Å²) in [5.41, 5.74) is 2.63. The summed E-state index contributed by atoms with van der Waals surface area (Å²) in [6, 6.07) is 8.35. The highest BCUT2D eigenvalue weighted by Gasteiger charge is 2.05. The number of nitrogens with one attached hydrogen (secondary N) is 1. The van der Waals surface area contributed by atoms with E-state index in [9.17, 15) is 0 Å². The monoisotopic (exact) mass is 345 g/mol. The van der Waals surface area contributed by atoms with Gasteiger partial charge in [-0.1, -0.05) is 23.8 Å². The lowest BCUT2D eigenvalue weighted by Gasteiger charge is -2.15. The minimum absolute atomic E-state index is 0.352. The summed E-state index contributed by atoms with van der Waals surface area (Å²) < 4.78 is 6.51. The first-order valence-corrected chi connectivity index (χ1v) is 7.74. The number of halogens is 1. The van der Waals surface area contributed by atoms with Crippen molar-refractivity contribution >= 4 is 22.0 Å². The van der Waals surface area contributed by atoms with Crippen molar-refractivity contribution in [2.45, 2.75) is 12.8 Å². The van der Waals surface area contributed by atoms with Crippen LogP contribution in [0.15, 0.2) is 46.7 Å². The van der Waals surface area contributed by atoms with Crippen LogP contribution in [0.25, 0.3) is 6.08 Å². The maximum atomic E-state index is 5.68. The average molecular weight is 346 g/mol. The summed E-state index contributed by atoms with van der Waals surface area (Å²) in [5.74, 6) is 0.751. The molecule has 1 aliphatic heterocycles. The Morgan fingerprint density at radius 3 is 2.67 bits per heavy atom. The fourth-order valence-electron chi connectivity index (χ4n) is 2.25. The van der Waals surface area contributed by atoms with Crippen LogP contribution in [0.5, 0.6) is 11.8 Å². The third kappa shape index (κ3) is 4.12. The van der Waals surface area contributed by atoms with Crippen LogP contribution in [0, 0.1) is 0 Å². The predicted octanol–water partition coefficient (Wildman–Crippen LogP) is 3.80. The van der Waals surface area contributed by atoms with Gasteiger partial charge in [-0.05, 0) is 59.6 Å². The van der Waals surface area contributed by atoms with Gasteiger partial charge >= 0.3 is 6.01 Å². The summed E-state index contributed by atoms with van der Waals surface area (Å²) in [5, 5.41) is 3.36. The number of piperidine rings is 1. The third-order valence-electron chi connectivity index (χ3n) is 3.28. The van der Waals surface area contributed by atoms with E-state index in [2.05, 4.69) is 43.4 Å². The van der Waals surface area contributed by atoms with Crippen LogP contribution in [-0.2, 0) is 0 Å². The van der Waals surface area contributed by atoms with E-state index in [1.807, 2.05) is 18.2 Å². The average Bonchev–Trinajstić information content (AvgIpc) is 2.51. The van der Waals surface area contributed by atoms with Gasteiger partial charge in [0.05, 0.1) is 4.47 Å². The maximum Gasteiger partial charge on any atom is 0.321 e. The van der Waals surface area contributed by atoms with Crippen molar-refractivity contribution in [2.75, 3.05) is 13.1 Å². The highest BCUT2D eigenvalue weighted by Crippen LogP contribution is 2.22. The van der Waals surface area contributed by atoms with Crippen molar-refractivity contribution in [1.82, 2.24) is 15.3 Å². The number of benzene rings is 1. The Hall–Kier alpha value is -1.72. The lowest BCUT2D eigenvalue weighted by Crippen LogP contribution is -2.22. The third-order valence-corrected chi connectivity index (χ3v) is 3.69. The van der Waals surface area contributed by atoms with Crippen molar-refractivity contribution in [2.24, 2.45) is 0 Å². The molecule has 2 heterocycles. The van der Waals surface area contributed by atoms with Crippen LogP contribution < -0.4 is 10.1 Å². The van der Waals surface area contributed by atoms with Gasteiger partial charge in [0, 0.05) is 12.4 Å². The Kier molecular flexibility index (Phi) is 4.62. The molecule has 108 valence electrons. The summed E-state index contributed by atoms with van der Waals surface area (Å²) in [6.07, 6.45) is 7.81. The molecule has 0 amide bonds. The Balaban J connectivity index is 1.75. The summed E-state index contributed by atoms with van der Waals surface area (Å²) in [6.45, 7) is 2.13. The van der Waals surface area contributed by atoms with E-state index in [0.717, 1.165) is 41.7 Å². The van der Waals surface area contributed by atoms with E-state index in [1.54, 1.807) is 12.4 Å². The maximum absolute atomic E-state index is 5.68. The number of hydrogen-bond acceptors (Lipinski definition) is 4. The molecule has 1 N–H and O–H groups in total. The highest BCUT2D eigenvalue weighted by molar-refractivity contribution is 9.10. The summed E-state index contributed by atoms with van der Waals surface area (Å²) >= 11 is 3.30. The van der Waals surface area contributed by atoms with E-state index in [1.165, 1.54) is 5.57 Å². The van der Waals surface area contributed by atoms with Crippen molar-refractivity contribution < 1.29 is 4.74 Å². The van der Waals surface area contributed by atoms with Crippen molar-refractivity contribution in [3.63, 3.8) is 0 Å². The number of hydrogen-bond donors (Lipinski definition) is 1. The SMILES string of the molecule is Brc1cnc(Oc2cccc(C=C3CCNCC3)c2)nc1. The van der Waals surface area contributed by atoms with Gasteiger partial charge in [-0.25, -0.2) is 9.97 Å². The topological polar surface area (TPSA) is 47.0 Å². The molecule has 1 fully saturated rings. The molecular formula is C16H16BrN3O. The Labute approximate surface area is 132 Å². The van der Waals surface area contributed by atoms with Gasteiger partial charge in [0.15, 0.2) is 0 Å². The van der Waals surface area contributed by atoms with Gasteiger partial charge < -0.3 is 10.1 Å². The largest absolute Gasteiger partial charge is 0.424 e. The second-order valence-corrected chi connectivity index (χ2v) is 5.83. The van der Waals surface area contributed by atoms with Crippen LogP contribution in [-0.4, -0.2) is 23.1 Å². The zero-order valence-electron chi connectivity index (χ0n) is 11.6. The molecule has 1 aliphatic rings. The van der Waals surface area contributed by atoms with Gasteiger partial charge in [-0.2, -0.15) is 0 Å². The fraction of sp³-hybridized carbons (Fsp3) is 0.250. The molecule has 0 unspecified atom stereocenters. The molecule has 0 saturated carbocycles. The Morgan fingerprint density at radius 1 is 1.14 bits per heavy atom. The van der Waals surface area contributed by atoms with Gasteiger partial charge in [0.25, 0.3) is 0 Å². The molecular weight excluding hydrogens is 330 g/mol. The van der Waals surface area contributed by atoms with Crippen LogP contribution in [0.2, 0.25) is 0 Å². The molecule has 3 rings (SSSR count). The number of ether oxygens (including phenoxy) is 1. The van der Waals surface area contributed by atoms with E-state index >= 15 is 0 Å². The number of nitrogens with zero attached hydrogens (tertiary/aromatic N) is 2. The minimum Gasteiger partial charge on any atom is -0.424 e. The molecule has 0 bridgehead atoms. The summed E-state index contributed by atoms with van der Waals surface area (Å²) in [7, 11) is 0. The number of aromatic nitrogens is 2. The zero-order valence-corrected chi connectivity index (χ0v) is 13.1. The fourth-order valence-corrected chi connectivity index (χ4v) is 2.46. The molecule has 5 heteroatoms. The van der Waals surface area contributed by atoms with Gasteiger partial charge in [-0.15, -0.1) is 0 Å². The molecule has 0 radical (unpaired) electrons. The molecule has 21 heavy (non-hydrogen) atoms. The Bertz CT molecular complexity index is 632. The molecule has 4 nitrogen and oxygen atoms in total. The molecule has 0 atom stereocenters. The normalized spacial score (nSPS) is 14.8. The minimum atomic E-state index is 0.352. The molecule has 2 aromatic rings. The first kappa shape index (κ1) is 14.2.